The molecule has 0 aliphatic heterocycles. The van der Waals surface area contributed by atoms with Gasteiger partial charge in [0.1, 0.15) is 5.75 Å². The first kappa shape index (κ1) is 15.1. The molecule has 0 saturated heterocycles. The van der Waals surface area contributed by atoms with Crippen LogP contribution >= 0.6 is 27.5 Å². The SMILES string of the molecule is CCCNc1ncc(Br)c(Oc2ccc(Cl)cc2C)n1. The van der Waals surface area contributed by atoms with Crippen LogP contribution in [-0.2, 0) is 0 Å². The average Bonchev–Trinajstić information content (AvgIpc) is 2.42. The molecule has 0 spiro atoms. The maximum atomic E-state index is 5.93. The Bertz CT molecular complexity index is 607. The standard InChI is InChI=1S/C14H15BrClN3O/c1-3-6-17-14-18-8-11(15)13(19-14)20-12-5-4-10(16)7-9(12)2/h4-5,7-8H,3,6H2,1-2H3,(H,17,18,19). The van der Waals surface area contributed by atoms with Gasteiger partial charge in [0.2, 0.25) is 11.8 Å². The highest BCUT2D eigenvalue weighted by Gasteiger charge is 2.09. The van der Waals surface area contributed by atoms with Crippen molar-refractivity contribution in [1.82, 2.24) is 9.97 Å². The third-order valence-corrected chi connectivity index (χ3v) is 3.37. The molecule has 0 atom stereocenters. The molecule has 0 radical (unpaired) electrons. The number of halogens is 2. The summed E-state index contributed by atoms with van der Waals surface area (Å²) in [6.07, 6.45) is 2.68. The monoisotopic (exact) mass is 355 g/mol. The summed E-state index contributed by atoms with van der Waals surface area (Å²) in [5.74, 6) is 1.75. The first-order valence-electron chi connectivity index (χ1n) is 6.30. The molecule has 0 saturated carbocycles. The molecule has 106 valence electrons. The third kappa shape index (κ3) is 3.84. The lowest BCUT2D eigenvalue weighted by atomic mass is 10.2. The van der Waals surface area contributed by atoms with Crippen LogP contribution in [0.15, 0.2) is 28.9 Å². The van der Waals surface area contributed by atoms with Crippen molar-refractivity contribution in [3.63, 3.8) is 0 Å². The molecule has 1 aromatic carbocycles. The maximum absolute atomic E-state index is 5.93. The highest BCUT2D eigenvalue weighted by molar-refractivity contribution is 9.10. The van der Waals surface area contributed by atoms with Crippen LogP contribution in [0.4, 0.5) is 5.95 Å². The van der Waals surface area contributed by atoms with Gasteiger partial charge < -0.3 is 10.1 Å². The van der Waals surface area contributed by atoms with Crippen LogP contribution in [-0.4, -0.2) is 16.5 Å². The predicted octanol–water partition coefficient (Wildman–Crippen LogP) is 4.82. The van der Waals surface area contributed by atoms with Crippen LogP contribution < -0.4 is 10.1 Å². The second kappa shape index (κ2) is 6.90. The van der Waals surface area contributed by atoms with E-state index < -0.39 is 0 Å². The van der Waals surface area contributed by atoms with Gasteiger partial charge in [0.15, 0.2) is 0 Å². The Hall–Kier alpha value is -1.33. The lowest BCUT2D eigenvalue weighted by molar-refractivity contribution is 0.455. The highest BCUT2D eigenvalue weighted by Crippen LogP contribution is 2.31. The largest absolute Gasteiger partial charge is 0.437 e. The molecule has 0 unspecified atom stereocenters. The number of hydrogen-bond acceptors (Lipinski definition) is 4. The van der Waals surface area contributed by atoms with Gasteiger partial charge in [-0.15, -0.1) is 0 Å². The van der Waals surface area contributed by atoms with E-state index in [0.29, 0.717) is 21.3 Å². The van der Waals surface area contributed by atoms with Crippen molar-refractivity contribution in [3.05, 3.63) is 39.5 Å². The molecule has 0 aliphatic rings. The minimum Gasteiger partial charge on any atom is -0.437 e. The van der Waals surface area contributed by atoms with Crippen LogP contribution in [0.2, 0.25) is 5.02 Å². The number of aryl methyl sites for hydroxylation is 1. The quantitative estimate of drug-likeness (QED) is 0.834. The second-order valence-corrected chi connectivity index (χ2v) is 5.58. The number of rotatable bonds is 5. The molecule has 2 aromatic rings. The summed E-state index contributed by atoms with van der Waals surface area (Å²) in [6.45, 7) is 4.84. The van der Waals surface area contributed by atoms with Crippen LogP contribution in [0.5, 0.6) is 11.6 Å². The Labute approximate surface area is 131 Å². The molecule has 0 aliphatic carbocycles. The lowest BCUT2D eigenvalue weighted by Crippen LogP contribution is -2.05. The van der Waals surface area contributed by atoms with Crippen molar-refractivity contribution in [2.75, 3.05) is 11.9 Å². The van der Waals surface area contributed by atoms with E-state index in [1.807, 2.05) is 19.1 Å². The summed E-state index contributed by atoms with van der Waals surface area (Å²) in [6, 6.07) is 5.46. The summed E-state index contributed by atoms with van der Waals surface area (Å²) in [7, 11) is 0. The molecule has 1 heterocycles. The van der Waals surface area contributed by atoms with E-state index in [1.54, 1.807) is 12.3 Å². The van der Waals surface area contributed by atoms with Crippen molar-refractivity contribution in [1.29, 1.82) is 0 Å². The topological polar surface area (TPSA) is 47.0 Å². The van der Waals surface area contributed by atoms with Crippen molar-refractivity contribution in [2.45, 2.75) is 20.3 Å². The zero-order valence-electron chi connectivity index (χ0n) is 11.3. The first-order valence-corrected chi connectivity index (χ1v) is 7.47. The third-order valence-electron chi connectivity index (χ3n) is 2.59. The summed E-state index contributed by atoms with van der Waals surface area (Å²) in [5, 5.41) is 3.81. The zero-order chi connectivity index (χ0) is 14.5. The highest BCUT2D eigenvalue weighted by atomic mass is 79.9. The van der Waals surface area contributed by atoms with Gasteiger partial charge in [-0.05, 0) is 53.0 Å². The predicted molar refractivity (Wildman–Crippen MR) is 84.8 cm³/mol. The molecule has 2 rings (SSSR count). The molecule has 1 aromatic heterocycles. The van der Waals surface area contributed by atoms with Crippen LogP contribution in [0, 0.1) is 6.92 Å². The Kier molecular flexibility index (Phi) is 5.20. The summed E-state index contributed by atoms with van der Waals surface area (Å²) in [5.41, 5.74) is 0.950. The van der Waals surface area contributed by atoms with Crippen LogP contribution in [0.3, 0.4) is 0 Å². The molecule has 4 nitrogen and oxygen atoms in total. The van der Waals surface area contributed by atoms with Crippen molar-refractivity contribution >= 4 is 33.5 Å². The minimum atomic E-state index is 0.476. The van der Waals surface area contributed by atoms with E-state index >= 15 is 0 Å². The van der Waals surface area contributed by atoms with Gasteiger partial charge in [0, 0.05) is 11.6 Å². The summed E-state index contributed by atoms with van der Waals surface area (Å²) < 4.78 is 6.52. The number of anilines is 1. The van der Waals surface area contributed by atoms with Gasteiger partial charge in [-0.1, -0.05) is 18.5 Å². The number of nitrogens with one attached hydrogen (secondary N) is 1. The van der Waals surface area contributed by atoms with Gasteiger partial charge in [-0.2, -0.15) is 4.98 Å². The second-order valence-electron chi connectivity index (χ2n) is 4.29. The van der Waals surface area contributed by atoms with E-state index in [-0.39, 0.29) is 0 Å². The molecule has 0 fully saturated rings. The number of benzene rings is 1. The van der Waals surface area contributed by atoms with Gasteiger partial charge in [-0.3, -0.25) is 0 Å². The maximum Gasteiger partial charge on any atom is 0.238 e. The average molecular weight is 357 g/mol. The number of ether oxygens (including phenoxy) is 1. The van der Waals surface area contributed by atoms with Crippen molar-refractivity contribution in [2.24, 2.45) is 0 Å². The molecule has 0 bridgehead atoms. The van der Waals surface area contributed by atoms with Gasteiger partial charge in [0.05, 0.1) is 10.7 Å². The molecule has 6 heteroatoms. The van der Waals surface area contributed by atoms with Crippen LogP contribution in [0.25, 0.3) is 0 Å². The molecule has 20 heavy (non-hydrogen) atoms. The Morgan fingerprint density at radius 1 is 1.40 bits per heavy atom. The molecule has 1 N–H and O–H groups in total. The Balaban J connectivity index is 2.23. The summed E-state index contributed by atoms with van der Waals surface area (Å²) in [4.78, 5) is 8.53. The lowest BCUT2D eigenvalue weighted by Gasteiger charge is -2.11. The Morgan fingerprint density at radius 3 is 2.90 bits per heavy atom. The smallest absolute Gasteiger partial charge is 0.238 e. The van der Waals surface area contributed by atoms with E-state index in [9.17, 15) is 0 Å². The van der Waals surface area contributed by atoms with Crippen molar-refractivity contribution < 1.29 is 4.74 Å². The Morgan fingerprint density at radius 2 is 2.20 bits per heavy atom. The zero-order valence-corrected chi connectivity index (χ0v) is 13.6. The van der Waals surface area contributed by atoms with E-state index in [0.717, 1.165) is 24.3 Å². The molecule has 0 amide bonds. The fourth-order valence-electron chi connectivity index (χ4n) is 1.58. The van der Waals surface area contributed by atoms with Gasteiger partial charge >= 0.3 is 0 Å². The first-order chi connectivity index (χ1) is 9.60. The molecular weight excluding hydrogens is 342 g/mol. The van der Waals surface area contributed by atoms with Gasteiger partial charge in [0.25, 0.3) is 0 Å². The van der Waals surface area contributed by atoms with Gasteiger partial charge in [-0.25, -0.2) is 4.98 Å². The minimum absolute atomic E-state index is 0.476. The fraction of sp³-hybridized carbons (Fsp3) is 0.286. The van der Waals surface area contributed by atoms with Crippen molar-refractivity contribution in [3.8, 4) is 11.6 Å². The van der Waals surface area contributed by atoms with E-state index in [1.165, 1.54) is 0 Å². The number of aromatic nitrogens is 2. The number of hydrogen-bond donors (Lipinski definition) is 1. The number of nitrogens with zero attached hydrogens (tertiary/aromatic N) is 2. The van der Waals surface area contributed by atoms with E-state index in [4.69, 9.17) is 16.3 Å². The van der Waals surface area contributed by atoms with E-state index in [2.05, 4.69) is 38.1 Å². The van der Waals surface area contributed by atoms with Crippen LogP contribution in [0.1, 0.15) is 18.9 Å². The molecular formula is C14H15BrClN3O. The fourth-order valence-corrected chi connectivity index (χ4v) is 2.08. The normalized spacial score (nSPS) is 10.4. The summed E-state index contributed by atoms with van der Waals surface area (Å²) >= 11 is 9.32.